The van der Waals surface area contributed by atoms with Gasteiger partial charge in [0.1, 0.15) is 0 Å². The Morgan fingerprint density at radius 2 is 1.90 bits per heavy atom. The number of nitrogens with zero attached hydrogens (tertiary/aromatic N) is 3. The second-order valence-electron chi connectivity index (χ2n) is 6.68. The van der Waals surface area contributed by atoms with Gasteiger partial charge in [0.15, 0.2) is 5.16 Å². The van der Waals surface area contributed by atoms with Gasteiger partial charge in [0.25, 0.3) is 0 Å². The highest BCUT2D eigenvalue weighted by Gasteiger charge is 2.24. The number of carbonyl (C=O) groups excluding carboxylic acids is 2. The fraction of sp³-hybridized carbons (Fsp3) is 0.190. The summed E-state index contributed by atoms with van der Waals surface area (Å²) in [5.74, 6) is 6.06. The van der Waals surface area contributed by atoms with Crippen LogP contribution in [0.4, 0.5) is 11.4 Å². The zero-order valence-corrected chi connectivity index (χ0v) is 16.6. The van der Waals surface area contributed by atoms with Crippen LogP contribution in [0.3, 0.4) is 0 Å². The topological polar surface area (TPSA) is 93.2 Å². The Morgan fingerprint density at radius 1 is 1.14 bits per heavy atom. The first-order valence-corrected chi connectivity index (χ1v) is 10.3. The van der Waals surface area contributed by atoms with Crippen molar-refractivity contribution in [1.82, 2.24) is 9.66 Å². The van der Waals surface area contributed by atoms with Crippen molar-refractivity contribution in [2.24, 2.45) is 0 Å². The molecule has 0 unspecified atom stereocenters. The number of anilines is 2. The molecule has 148 valence electrons. The highest BCUT2D eigenvalue weighted by molar-refractivity contribution is 7.99. The van der Waals surface area contributed by atoms with Gasteiger partial charge in [-0.05, 0) is 18.6 Å². The Kier molecular flexibility index (Phi) is 5.53. The highest BCUT2D eigenvalue weighted by Crippen LogP contribution is 2.30. The maximum Gasteiger partial charge on any atom is 0.234 e. The van der Waals surface area contributed by atoms with Crippen LogP contribution in [0.15, 0.2) is 66.0 Å². The Hall–Kier alpha value is -3.26. The zero-order chi connectivity index (χ0) is 20.2. The molecule has 2 amide bonds. The molecule has 3 N–H and O–H groups in total. The number of para-hydroxylation sites is 2. The molecule has 1 aliphatic heterocycles. The molecule has 0 atom stereocenters. The van der Waals surface area contributed by atoms with Crippen LogP contribution < -0.4 is 16.1 Å². The van der Waals surface area contributed by atoms with Crippen molar-refractivity contribution in [3.63, 3.8) is 0 Å². The molecule has 0 bridgehead atoms. The molecule has 4 rings (SSSR count). The SMILES string of the molecule is Nn1cc(-c2ccccc2)nc1SCC(=O)Nc1ccccc1N1CCCC1=O. The van der Waals surface area contributed by atoms with Gasteiger partial charge in [-0.1, -0.05) is 54.2 Å². The molecule has 1 aliphatic rings. The molecule has 3 aromatic rings. The monoisotopic (exact) mass is 407 g/mol. The second kappa shape index (κ2) is 8.40. The van der Waals surface area contributed by atoms with Crippen molar-refractivity contribution < 1.29 is 9.59 Å². The van der Waals surface area contributed by atoms with Crippen molar-refractivity contribution in [1.29, 1.82) is 0 Å². The second-order valence-corrected chi connectivity index (χ2v) is 7.63. The van der Waals surface area contributed by atoms with Gasteiger partial charge in [-0.2, -0.15) is 0 Å². The van der Waals surface area contributed by atoms with Gasteiger partial charge >= 0.3 is 0 Å². The minimum Gasteiger partial charge on any atom is -0.337 e. The van der Waals surface area contributed by atoms with Crippen molar-refractivity contribution in [2.75, 3.05) is 28.4 Å². The molecule has 8 heteroatoms. The van der Waals surface area contributed by atoms with Gasteiger partial charge in [0.2, 0.25) is 11.8 Å². The van der Waals surface area contributed by atoms with Crippen LogP contribution in [0, 0.1) is 0 Å². The average molecular weight is 407 g/mol. The van der Waals surface area contributed by atoms with Gasteiger partial charge in [0.05, 0.1) is 29.0 Å². The van der Waals surface area contributed by atoms with E-state index in [0.29, 0.717) is 23.8 Å². The van der Waals surface area contributed by atoms with Gasteiger partial charge in [0, 0.05) is 18.5 Å². The summed E-state index contributed by atoms with van der Waals surface area (Å²) >= 11 is 1.26. The average Bonchev–Trinajstić information content (AvgIpc) is 3.33. The zero-order valence-electron chi connectivity index (χ0n) is 15.7. The first-order chi connectivity index (χ1) is 14.1. The third-order valence-corrected chi connectivity index (χ3v) is 5.61. The quantitative estimate of drug-likeness (QED) is 0.484. The number of imidazole rings is 1. The summed E-state index contributed by atoms with van der Waals surface area (Å²) < 4.78 is 1.43. The number of amides is 2. The Labute approximate surface area is 172 Å². The number of rotatable bonds is 6. The van der Waals surface area contributed by atoms with Gasteiger partial charge in [-0.25, -0.2) is 9.66 Å². The molecule has 0 aliphatic carbocycles. The molecule has 0 radical (unpaired) electrons. The standard InChI is InChI=1S/C21H21N5O2S/c22-26-13-17(15-7-2-1-3-8-15)24-21(26)29-14-19(27)23-16-9-4-5-10-18(16)25-12-6-11-20(25)28/h1-5,7-10,13H,6,11-12,14,22H2,(H,23,27). The Morgan fingerprint density at radius 3 is 2.66 bits per heavy atom. The van der Waals surface area contributed by atoms with Crippen molar-refractivity contribution in [2.45, 2.75) is 18.0 Å². The Balaban J connectivity index is 1.42. The van der Waals surface area contributed by atoms with Crippen LogP contribution in [0.5, 0.6) is 0 Å². The molecular formula is C21H21N5O2S. The highest BCUT2D eigenvalue weighted by atomic mass is 32.2. The molecule has 1 aromatic heterocycles. The summed E-state index contributed by atoms with van der Waals surface area (Å²) in [7, 11) is 0. The molecule has 1 fully saturated rings. The first-order valence-electron chi connectivity index (χ1n) is 9.34. The van der Waals surface area contributed by atoms with E-state index >= 15 is 0 Å². The number of hydrogen-bond donors (Lipinski definition) is 2. The first kappa shape index (κ1) is 19.1. The fourth-order valence-corrected chi connectivity index (χ4v) is 3.96. The van der Waals surface area contributed by atoms with Crippen LogP contribution in [0.25, 0.3) is 11.3 Å². The predicted octanol–water partition coefficient (Wildman–Crippen LogP) is 3.12. The van der Waals surface area contributed by atoms with E-state index in [2.05, 4.69) is 10.3 Å². The molecule has 0 saturated carbocycles. The van der Waals surface area contributed by atoms with Crippen molar-refractivity contribution in [3.8, 4) is 11.3 Å². The number of nitrogens with one attached hydrogen (secondary N) is 1. The maximum absolute atomic E-state index is 12.5. The lowest BCUT2D eigenvalue weighted by molar-refractivity contribution is -0.117. The van der Waals surface area contributed by atoms with E-state index in [0.717, 1.165) is 23.4 Å². The summed E-state index contributed by atoms with van der Waals surface area (Å²) in [6.45, 7) is 0.674. The van der Waals surface area contributed by atoms with E-state index in [1.807, 2.05) is 48.5 Å². The number of carbonyl (C=O) groups is 2. The van der Waals surface area contributed by atoms with Crippen molar-refractivity contribution >= 4 is 35.0 Å². The minimum atomic E-state index is -0.182. The smallest absolute Gasteiger partial charge is 0.234 e. The molecule has 7 nitrogen and oxygen atoms in total. The number of hydrogen-bond acceptors (Lipinski definition) is 5. The number of benzene rings is 2. The number of nitrogen functional groups attached to an aromatic ring is 1. The molecule has 29 heavy (non-hydrogen) atoms. The van der Waals surface area contributed by atoms with Crippen LogP contribution in [0.1, 0.15) is 12.8 Å². The molecule has 0 spiro atoms. The summed E-state index contributed by atoms with van der Waals surface area (Å²) in [5, 5.41) is 3.46. The normalized spacial score (nSPS) is 13.7. The lowest BCUT2D eigenvalue weighted by Crippen LogP contribution is -2.26. The third kappa shape index (κ3) is 4.27. The Bertz CT molecular complexity index is 1030. The number of nitrogens with two attached hydrogens (primary N) is 1. The molecular weight excluding hydrogens is 386 g/mol. The largest absolute Gasteiger partial charge is 0.337 e. The summed E-state index contributed by atoms with van der Waals surface area (Å²) in [6, 6.07) is 17.1. The number of aromatic nitrogens is 2. The van der Waals surface area contributed by atoms with E-state index in [1.54, 1.807) is 17.2 Å². The third-order valence-electron chi connectivity index (χ3n) is 4.64. The van der Waals surface area contributed by atoms with Crippen molar-refractivity contribution in [3.05, 3.63) is 60.8 Å². The molecule has 2 heterocycles. The minimum absolute atomic E-state index is 0.0830. The van der Waals surface area contributed by atoms with Crippen LogP contribution in [-0.2, 0) is 9.59 Å². The summed E-state index contributed by atoms with van der Waals surface area (Å²) in [5.41, 5.74) is 3.09. The fourth-order valence-electron chi connectivity index (χ4n) is 3.27. The number of thioether (sulfide) groups is 1. The molecule has 1 saturated heterocycles. The van der Waals surface area contributed by atoms with Crippen LogP contribution in [0.2, 0.25) is 0 Å². The summed E-state index contributed by atoms with van der Waals surface area (Å²) in [4.78, 5) is 30.8. The van der Waals surface area contributed by atoms with E-state index in [1.165, 1.54) is 16.4 Å². The lowest BCUT2D eigenvalue weighted by atomic mass is 10.2. The van der Waals surface area contributed by atoms with E-state index in [4.69, 9.17) is 5.84 Å². The lowest BCUT2D eigenvalue weighted by Gasteiger charge is -2.19. The maximum atomic E-state index is 12.5. The van der Waals surface area contributed by atoms with E-state index in [-0.39, 0.29) is 17.6 Å². The van der Waals surface area contributed by atoms with Gasteiger partial charge in [-0.3, -0.25) is 9.59 Å². The van der Waals surface area contributed by atoms with Crippen LogP contribution >= 0.6 is 11.8 Å². The van der Waals surface area contributed by atoms with E-state index in [9.17, 15) is 9.59 Å². The van der Waals surface area contributed by atoms with E-state index < -0.39 is 0 Å². The van der Waals surface area contributed by atoms with Gasteiger partial charge < -0.3 is 16.1 Å². The molecule has 2 aromatic carbocycles. The predicted molar refractivity (Wildman–Crippen MR) is 115 cm³/mol. The van der Waals surface area contributed by atoms with Gasteiger partial charge in [-0.15, -0.1) is 0 Å². The summed E-state index contributed by atoms with van der Waals surface area (Å²) in [6.07, 6.45) is 3.12. The van der Waals surface area contributed by atoms with Crippen LogP contribution in [-0.4, -0.2) is 33.8 Å².